The first-order chi connectivity index (χ1) is 7.49. The van der Waals surface area contributed by atoms with Gasteiger partial charge in [-0.3, -0.25) is 0 Å². The summed E-state index contributed by atoms with van der Waals surface area (Å²) in [7, 11) is 2.04. The van der Waals surface area contributed by atoms with Gasteiger partial charge < -0.3 is 4.57 Å². The van der Waals surface area contributed by atoms with E-state index in [1.165, 1.54) is 27.8 Å². The van der Waals surface area contributed by atoms with Crippen molar-refractivity contribution in [3.8, 4) is 0 Å². The van der Waals surface area contributed by atoms with Crippen LogP contribution in [0.3, 0.4) is 0 Å². The summed E-state index contributed by atoms with van der Waals surface area (Å²) in [5.41, 5.74) is 7.59. The number of hydrogen-bond acceptors (Lipinski definition) is 1. The number of fused-ring (bicyclic) bond motifs is 1. The van der Waals surface area contributed by atoms with Crippen LogP contribution < -0.4 is 0 Å². The molecule has 2 nitrogen and oxygen atoms in total. The molecule has 3 heteroatoms. The fourth-order valence-corrected chi connectivity index (χ4v) is 2.51. The minimum atomic E-state index is 0.460. The summed E-state index contributed by atoms with van der Waals surface area (Å²) >= 11 is 5.90. The van der Waals surface area contributed by atoms with Crippen molar-refractivity contribution in [2.24, 2.45) is 7.05 Å². The van der Waals surface area contributed by atoms with Crippen molar-refractivity contribution in [2.75, 3.05) is 0 Å². The standard InChI is InChI=1S/C13H17ClN2/c1-7-8(2)10(4)13-12(9(7)3)15-11(6-14)16(13)5/h6H2,1-5H3. The van der Waals surface area contributed by atoms with E-state index in [2.05, 4.69) is 37.2 Å². The Morgan fingerprint density at radius 3 is 2.12 bits per heavy atom. The Hall–Kier alpha value is -1.02. The van der Waals surface area contributed by atoms with Gasteiger partial charge in [0.05, 0.1) is 16.9 Å². The maximum atomic E-state index is 5.90. The van der Waals surface area contributed by atoms with Crippen molar-refractivity contribution in [1.29, 1.82) is 0 Å². The molecule has 16 heavy (non-hydrogen) atoms. The lowest BCUT2D eigenvalue weighted by molar-refractivity contribution is 0.870. The monoisotopic (exact) mass is 236 g/mol. The highest BCUT2D eigenvalue weighted by atomic mass is 35.5. The van der Waals surface area contributed by atoms with E-state index in [9.17, 15) is 0 Å². The van der Waals surface area contributed by atoms with Crippen LogP contribution in [0.5, 0.6) is 0 Å². The fraction of sp³-hybridized carbons (Fsp3) is 0.462. The number of benzene rings is 1. The molecular weight excluding hydrogens is 220 g/mol. The first-order valence-corrected chi connectivity index (χ1v) is 6.00. The Labute approximate surface area is 101 Å². The third kappa shape index (κ3) is 1.36. The van der Waals surface area contributed by atoms with Crippen LogP contribution in [-0.2, 0) is 12.9 Å². The first kappa shape index (κ1) is 11.5. The van der Waals surface area contributed by atoms with E-state index >= 15 is 0 Å². The Balaban J connectivity index is 3.00. The summed E-state index contributed by atoms with van der Waals surface area (Å²) in [4.78, 5) is 4.62. The van der Waals surface area contributed by atoms with Gasteiger partial charge in [0.2, 0.25) is 0 Å². The van der Waals surface area contributed by atoms with Gasteiger partial charge in [0.1, 0.15) is 5.82 Å². The molecule has 1 aromatic heterocycles. The molecule has 0 radical (unpaired) electrons. The average Bonchev–Trinajstić information content (AvgIpc) is 2.61. The van der Waals surface area contributed by atoms with E-state index < -0.39 is 0 Å². The highest BCUT2D eigenvalue weighted by molar-refractivity contribution is 6.16. The van der Waals surface area contributed by atoms with Gasteiger partial charge >= 0.3 is 0 Å². The normalized spacial score (nSPS) is 11.4. The molecule has 0 amide bonds. The van der Waals surface area contributed by atoms with Crippen LogP contribution in [0.15, 0.2) is 0 Å². The van der Waals surface area contributed by atoms with Gasteiger partial charge in [-0.2, -0.15) is 0 Å². The van der Waals surface area contributed by atoms with Crippen LogP contribution in [0.4, 0.5) is 0 Å². The molecule has 0 atom stereocenters. The Morgan fingerprint density at radius 1 is 1.00 bits per heavy atom. The zero-order valence-corrected chi connectivity index (χ0v) is 11.2. The second-order valence-electron chi connectivity index (χ2n) is 4.42. The molecule has 86 valence electrons. The van der Waals surface area contributed by atoms with Gasteiger partial charge in [0.25, 0.3) is 0 Å². The van der Waals surface area contributed by atoms with Crippen LogP contribution in [-0.4, -0.2) is 9.55 Å². The molecule has 0 unspecified atom stereocenters. The summed E-state index contributed by atoms with van der Waals surface area (Å²) in [6.07, 6.45) is 0. The van der Waals surface area contributed by atoms with Crippen LogP contribution >= 0.6 is 11.6 Å². The molecule has 0 aliphatic carbocycles. The molecule has 0 fully saturated rings. The number of aromatic nitrogens is 2. The topological polar surface area (TPSA) is 17.8 Å². The minimum Gasteiger partial charge on any atom is -0.330 e. The number of nitrogens with zero attached hydrogens (tertiary/aromatic N) is 2. The number of hydrogen-bond donors (Lipinski definition) is 0. The second-order valence-corrected chi connectivity index (χ2v) is 4.69. The lowest BCUT2D eigenvalue weighted by Gasteiger charge is -2.11. The van der Waals surface area contributed by atoms with E-state index in [0.717, 1.165) is 11.3 Å². The fourth-order valence-electron chi connectivity index (χ4n) is 2.27. The number of aryl methyl sites for hydroxylation is 3. The average molecular weight is 237 g/mol. The molecule has 1 aromatic carbocycles. The summed E-state index contributed by atoms with van der Waals surface area (Å²) in [5, 5.41) is 0. The predicted molar refractivity (Wildman–Crippen MR) is 69.2 cm³/mol. The molecule has 0 saturated carbocycles. The molecule has 2 aromatic rings. The van der Waals surface area contributed by atoms with Gasteiger partial charge in [-0.15, -0.1) is 11.6 Å². The van der Waals surface area contributed by atoms with Crippen molar-refractivity contribution in [3.63, 3.8) is 0 Å². The van der Waals surface area contributed by atoms with Crippen molar-refractivity contribution in [1.82, 2.24) is 9.55 Å². The maximum Gasteiger partial charge on any atom is 0.124 e. The van der Waals surface area contributed by atoms with Crippen molar-refractivity contribution in [2.45, 2.75) is 33.6 Å². The van der Waals surface area contributed by atoms with E-state index in [1.54, 1.807) is 0 Å². The molecule has 0 spiro atoms. The summed E-state index contributed by atoms with van der Waals surface area (Å²) < 4.78 is 2.11. The zero-order chi connectivity index (χ0) is 12.0. The van der Waals surface area contributed by atoms with E-state index in [4.69, 9.17) is 11.6 Å². The van der Waals surface area contributed by atoms with Crippen molar-refractivity contribution >= 4 is 22.6 Å². The van der Waals surface area contributed by atoms with Crippen LogP contribution in [0.1, 0.15) is 28.1 Å². The third-order valence-electron chi connectivity index (χ3n) is 3.71. The first-order valence-electron chi connectivity index (χ1n) is 5.46. The zero-order valence-electron chi connectivity index (χ0n) is 10.5. The van der Waals surface area contributed by atoms with E-state index in [0.29, 0.717) is 5.88 Å². The largest absolute Gasteiger partial charge is 0.330 e. The molecule has 0 saturated heterocycles. The Bertz CT molecular complexity index is 567. The lowest BCUT2D eigenvalue weighted by Crippen LogP contribution is -1.98. The van der Waals surface area contributed by atoms with E-state index in [1.807, 2.05) is 7.05 Å². The van der Waals surface area contributed by atoms with Crippen LogP contribution in [0.2, 0.25) is 0 Å². The van der Waals surface area contributed by atoms with Crippen molar-refractivity contribution < 1.29 is 0 Å². The van der Waals surface area contributed by atoms with E-state index in [-0.39, 0.29) is 0 Å². The lowest BCUT2D eigenvalue weighted by atomic mass is 9.97. The summed E-state index contributed by atoms with van der Waals surface area (Å²) in [6, 6.07) is 0. The molecule has 0 aliphatic heterocycles. The predicted octanol–water partition coefficient (Wildman–Crippen LogP) is 3.55. The number of imidazole rings is 1. The van der Waals surface area contributed by atoms with Gasteiger partial charge in [-0.1, -0.05) is 0 Å². The highest BCUT2D eigenvalue weighted by Gasteiger charge is 2.15. The van der Waals surface area contributed by atoms with Gasteiger partial charge in [0.15, 0.2) is 0 Å². The quantitative estimate of drug-likeness (QED) is 0.693. The highest BCUT2D eigenvalue weighted by Crippen LogP contribution is 2.29. The van der Waals surface area contributed by atoms with Gasteiger partial charge in [-0.25, -0.2) is 4.98 Å². The number of alkyl halides is 1. The summed E-state index contributed by atoms with van der Waals surface area (Å²) in [5.74, 6) is 1.40. The molecule has 2 rings (SSSR count). The van der Waals surface area contributed by atoms with Gasteiger partial charge in [0, 0.05) is 7.05 Å². The number of halogens is 1. The molecular formula is C13H17ClN2. The molecule has 0 N–H and O–H groups in total. The van der Waals surface area contributed by atoms with Crippen molar-refractivity contribution in [3.05, 3.63) is 28.1 Å². The summed E-state index contributed by atoms with van der Waals surface area (Å²) in [6.45, 7) is 8.62. The van der Waals surface area contributed by atoms with Crippen LogP contribution in [0.25, 0.3) is 11.0 Å². The van der Waals surface area contributed by atoms with Gasteiger partial charge in [-0.05, 0) is 49.9 Å². The maximum absolute atomic E-state index is 5.90. The van der Waals surface area contributed by atoms with Crippen LogP contribution in [0, 0.1) is 27.7 Å². The molecule has 1 heterocycles. The third-order valence-corrected chi connectivity index (χ3v) is 3.94. The second kappa shape index (κ2) is 3.77. The number of rotatable bonds is 1. The molecule has 0 bridgehead atoms. The Morgan fingerprint density at radius 2 is 1.56 bits per heavy atom. The Kier molecular flexibility index (Phi) is 2.70. The minimum absolute atomic E-state index is 0.460. The molecule has 0 aliphatic rings. The SMILES string of the molecule is Cc1c(C)c(C)c2c(nc(CCl)n2C)c1C. The smallest absolute Gasteiger partial charge is 0.124 e.